The molecule has 1 aromatic rings. The molecule has 2 heterocycles. The lowest BCUT2D eigenvalue weighted by Gasteiger charge is -2.43. The molecule has 0 N–H and O–H groups in total. The van der Waals surface area contributed by atoms with Crippen molar-refractivity contribution in [3.63, 3.8) is 0 Å². The lowest BCUT2D eigenvalue weighted by Crippen LogP contribution is -2.54. The lowest BCUT2D eigenvalue weighted by atomic mass is 10.0. The van der Waals surface area contributed by atoms with Crippen molar-refractivity contribution in [3.8, 4) is 0 Å². The first-order valence-electron chi connectivity index (χ1n) is 6.93. The van der Waals surface area contributed by atoms with E-state index in [1.807, 2.05) is 23.6 Å². The molecule has 5 heteroatoms. The van der Waals surface area contributed by atoms with E-state index in [1.54, 1.807) is 6.07 Å². The van der Waals surface area contributed by atoms with Gasteiger partial charge >= 0.3 is 0 Å². The summed E-state index contributed by atoms with van der Waals surface area (Å²) in [4.78, 5) is 14.7. The van der Waals surface area contributed by atoms with Crippen LogP contribution < -0.4 is 0 Å². The van der Waals surface area contributed by atoms with Gasteiger partial charge in [0, 0.05) is 35.8 Å². The Morgan fingerprint density at radius 1 is 1.50 bits per heavy atom. The van der Waals surface area contributed by atoms with E-state index in [1.165, 1.54) is 12.1 Å². The second-order valence-electron chi connectivity index (χ2n) is 5.30. The molecule has 0 aliphatic carbocycles. The average Bonchev–Trinajstić information content (AvgIpc) is 2.48. The fourth-order valence-electron chi connectivity index (χ4n) is 2.92. The highest BCUT2D eigenvalue weighted by molar-refractivity contribution is 8.00. The maximum atomic E-state index is 13.4. The van der Waals surface area contributed by atoms with Gasteiger partial charge in [-0.3, -0.25) is 4.79 Å². The number of benzene rings is 1. The van der Waals surface area contributed by atoms with E-state index in [0.717, 1.165) is 24.3 Å². The molecule has 1 aromatic carbocycles. The second kappa shape index (κ2) is 5.74. The predicted octanol–water partition coefficient (Wildman–Crippen LogP) is 2.48. The van der Waals surface area contributed by atoms with Crippen LogP contribution in [0.25, 0.3) is 0 Å². The molecule has 0 spiro atoms. The Kier molecular flexibility index (Phi) is 3.98. The molecule has 0 saturated carbocycles. The normalized spacial score (nSPS) is 26.2. The van der Waals surface area contributed by atoms with Crippen LogP contribution in [0.15, 0.2) is 18.2 Å². The molecular weight excluding hydrogens is 277 g/mol. The van der Waals surface area contributed by atoms with Crippen LogP contribution >= 0.6 is 11.8 Å². The Hall–Kier alpha value is -1.07. The van der Waals surface area contributed by atoms with E-state index in [0.29, 0.717) is 24.0 Å². The number of nitrogens with zero attached hydrogens (tertiary/aromatic N) is 1. The predicted molar refractivity (Wildman–Crippen MR) is 77.6 cm³/mol. The summed E-state index contributed by atoms with van der Waals surface area (Å²) in [6.07, 6.45) is 0.873. The van der Waals surface area contributed by atoms with Gasteiger partial charge in [0.05, 0.1) is 6.61 Å². The molecule has 2 saturated heterocycles. The maximum absolute atomic E-state index is 13.4. The zero-order chi connectivity index (χ0) is 14.1. The highest BCUT2D eigenvalue weighted by Gasteiger charge is 2.37. The first-order valence-corrected chi connectivity index (χ1v) is 7.98. The SMILES string of the molecule is Cc1ccc(F)cc1C(=O)N1CCSC2COCCC21. The number of hydrogen-bond acceptors (Lipinski definition) is 3. The summed E-state index contributed by atoms with van der Waals surface area (Å²) >= 11 is 1.88. The molecule has 2 unspecified atom stereocenters. The minimum atomic E-state index is -0.353. The average molecular weight is 295 g/mol. The third-order valence-corrected chi connectivity index (χ3v) is 5.32. The third-order valence-electron chi connectivity index (χ3n) is 4.02. The summed E-state index contributed by atoms with van der Waals surface area (Å²) in [5.74, 6) is 0.526. The van der Waals surface area contributed by atoms with E-state index in [2.05, 4.69) is 0 Å². The van der Waals surface area contributed by atoms with Crippen LogP contribution in [0.5, 0.6) is 0 Å². The molecule has 2 aliphatic heterocycles. The molecule has 3 nitrogen and oxygen atoms in total. The van der Waals surface area contributed by atoms with Crippen molar-refractivity contribution in [2.45, 2.75) is 24.6 Å². The Balaban J connectivity index is 1.87. The van der Waals surface area contributed by atoms with Crippen LogP contribution in [-0.4, -0.2) is 47.6 Å². The van der Waals surface area contributed by atoms with Crippen LogP contribution in [0.3, 0.4) is 0 Å². The standard InChI is InChI=1S/C15H18FNO2S/c1-10-2-3-11(16)8-12(10)15(18)17-5-7-20-14-9-19-6-4-13(14)17/h2-3,8,13-14H,4-7,9H2,1H3. The zero-order valence-corrected chi connectivity index (χ0v) is 12.3. The van der Waals surface area contributed by atoms with Gasteiger partial charge in [0.25, 0.3) is 5.91 Å². The minimum Gasteiger partial charge on any atom is -0.380 e. The van der Waals surface area contributed by atoms with Gasteiger partial charge in [0.15, 0.2) is 0 Å². The summed E-state index contributed by atoms with van der Waals surface area (Å²) in [6.45, 7) is 4.00. The van der Waals surface area contributed by atoms with E-state index in [-0.39, 0.29) is 17.8 Å². The fraction of sp³-hybridized carbons (Fsp3) is 0.533. The fourth-order valence-corrected chi connectivity index (χ4v) is 4.22. The monoisotopic (exact) mass is 295 g/mol. The van der Waals surface area contributed by atoms with Crippen LogP contribution in [0.1, 0.15) is 22.3 Å². The van der Waals surface area contributed by atoms with E-state index >= 15 is 0 Å². The lowest BCUT2D eigenvalue weighted by molar-refractivity contribution is 0.0318. The molecule has 2 aliphatic rings. The summed E-state index contributed by atoms with van der Waals surface area (Å²) in [5, 5.41) is 0.357. The van der Waals surface area contributed by atoms with Crippen molar-refractivity contribution in [3.05, 3.63) is 35.1 Å². The highest BCUT2D eigenvalue weighted by Crippen LogP contribution is 2.31. The highest BCUT2D eigenvalue weighted by atomic mass is 32.2. The van der Waals surface area contributed by atoms with Gasteiger partial charge < -0.3 is 9.64 Å². The van der Waals surface area contributed by atoms with Gasteiger partial charge in [-0.1, -0.05) is 6.07 Å². The quantitative estimate of drug-likeness (QED) is 0.797. The number of ether oxygens (including phenoxy) is 1. The van der Waals surface area contributed by atoms with Crippen molar-refractivity contribution in [2.75, 3.05) is 25.5 Å². The van der Waals surface area contributed by atoms with E-state index in [4.69, 9.17) is 4.74 Å². The second-order valence-corrected chi connectivity index (χ2v) is 6.65. The van der Waals surface area contributed by atoms with Gasteiger partial charge in [-0.25, -0.2) is 4.39 Å². The molecule has 2 atom stereocenters. The summed E-state index contributed by atoms with van der Waals surface area (Å²) in [6, 6.07) is 4.64. The first kappa shape index (κ1) is 13.9. The molecule has 2 fully saturated rings. The molecular formula is C15H18FNO2S. The van der Waals surface area contributed by atoms with Crippen molar-refractivity contribution in [1.29, 1.82) is 0 Å². The number of rotatable bonds is 1. The van der Waals surface area contributed by atoms with Crippen molar-refractivity contribution in [1.82, 2.24) is 4.90 Å². The zero-order valence-electron chi connectivity index (χ0n) is 11.5. The number of carbonyl (C=O) groups excluding carboxylic acids is 1. The molecule has 0 radical (unpaired) electrons. The first-order chi connectivity index (χ1) is 9.66. The van der Waals surface area contributed by atoms with Crippen molar-refractivity contribution >= 4 is 17.7 Å². The van der Waals surface area contributed by atoms with E-state index in [9.17, 15) is 9.18 Å². The van der Waals surface area contributed by atoms with Crippen molar-refractivity contribution in [2.24, 2.45) is 0 Å². The van der Waals surface area contributed by atoms with E-state index < -0.39 is 0 Å². The largest absolute Gasteiger partial charge is 0.380 e. The molecule has 1 amide bonds. The number of amides is 1. The Bertz CT molecular complexity index is 521. The molecule has 20 heavy (non-hydrogen) atoms. The number of aryl methyl sites for hydroxylation is 1. The molecule has 0 bridgehead atoms. The van der Waals surface area contributed by atoms with Gasteiger partial charge in [-0.2, -0.15) is 11.8 Å². The number of halogens is 1. The number of carbonyl (C=O) groups is 1. The summed E-state index contributed by atoms with van der Waals surface area (Å²) in [7, 11) is 0. The third kappa shape index (κ3) is 2.56. The smallest absolute Gasteiger partial charge is 0.254 e. The number of hydrogen-bond donors (Lipinski definition) is 0. The molecule has 3 rings (SSSR count). The van der Waals surface area contributed by atoms with Gasteiger partial charge in [-0.05, 0) is 31.0 Å². The Morgan fingerprint density at radius 3 is 3.20 bits per heavy atom. The van der Waals surface area contributed by atoms with Gasteiger partial charge in [-0.15, -0.1) is 0 Å². The van der Waals surface area contributed by atoms with Crippen LogP contribution in [0.4, 0.5) is 4.39 Å². The van der Waals surface area contributed by atoms with Crippen LogP contribution in [0.2, 0.25) is 0 Å². The number of thioether (sulfide) groups is 1. The van der Waals surface area contributed by atoms with Gasteiger partial charge in [0.2, 0.25) is 0 Å². The molecule has 108 valence electrons. The van der Waals surface area contributed by atoms with Crippen LogP contribution in [0, 0.1) is 12.7 Å². The maximum Gasteiger partial charge on any atom is 0.254 e. The topological polar surface area (TPSA) is 29.5 Å². The molecule has 0 aromatic heterocycles. The Morgan fingerprint density at radius 2 is 2.35 bits per heavy atom. The minimum absolute atomic E-state index is 0.0424. The summed E-state index contributed by atoms with van der Waals surface area (Å²) < 4.78 is 18.9. The number of fused-ring (bicyclic) bond motifs is 1. The summed E-state index contributed by atoms with van der Waals surface area (Å²) in [5.41, 5.74) is 1.32. The van der Waals surface area contributed by atoms with Gasteiger partial charge in [0.1, 0.15) is 5.82 Å². The Labute approximate surface area is 122 Å². The van der Waals surface area contributed by atoms with Crippen LogP contribution in [-0.2, 0) is 4.74 Å². The van der Waals surface area contributed by atoms with Crippen molar-refractivity contribution < 1.29 is 13.9 Å².